The van der Waals surface area contributed by atoms with Crippen LogP contribution in [0.1, 0.15) is 15.9 Å². The number of carboxylic acid groups (broad SMARTS) is 1. The Balaban J connectivity index is 2.39. The summed E-state index contributed by atoms with van der Waals surface area (Å²) >= 11 is 6.00. The Labute approximate surface area is 103 Å². The van der Waals surface area contributed by atoms with Crippen molar-refractivity contribution in [3.63, 3.8) is 0 Å². The van der Waals surface area contributed by atoms with Gasteiger partial charge in [-0.1, -0.05) is 23.7 Å². The minimum absolute atomic E-state index is 0.0620. The zero-order valence-electron chi connectivity index (χ0n) is 9.01. The van der Waals surface area contributed by atoms with Crippen LogP contribution in [0.4, 0.5) is 0 Å². The molecule has 0 amide bonds. The lowest BCUT2D eigenvalue weighted by atomic mass is 10.1. The topological polar surface area (TPSA) is 63.1 Å². The Bertz CT molecular complexity index is 567. The number of aromatic nitrogens is 2. The molecule has 1 aromatic carbocycles. The number of carbonyl (C=O) groups is 1. The maximum absolute atomic E-state index is 10.6. The van der Waals surface area contributed by atoms with Crippen LogP contribution < -0.4 is 0 Å². The van der Waals surface area contributed by atoms with Crippen LogP contribution in [-0.4, -0.2) is 21.0 Å². The van der Waals surface area contributed by atoms with E-state index in [4.69, 9.17) is 16.7 Å². The van der Waals surface area contributed by atoms with Gasteiger partial charge >= 0.3 is 5.97 Å². The number of benzene rings is 1. The minimum atomic E-state index is -1.04. The number of hydrogen-bond acceptors (Lipinski definition) is 3. The van der Waals surface area contributed by atoms with E-state index >= 15 is 0 Å². The van der Waals surface area contributed by atoms with Crippen molar-refractivity contribution in [3.8, 4) is 11.4 Å². The number of hydrogen-bond donors (Lipinski definition) is 1. The van der Waals surface area contributed by atoms with E-state index < -0.39 is 5.97 Å². The first kappa shape index (κ1) is 11.5. The SMILES string of the molecule is Cc1ccc(-c2ncc(C(=O)O)cn2)cc1Cl. The van der Waals surface area contributed by atoms with Crippen LogP contribution in [0.3, 0.4) is 0 Å². The van der Waals surface area contributed by atoms with Gasteiger partial charge in [-0.2, -0.15) is 0 Å². The molecule has 86 valence electrons. The average Bonchev–Trinajstić information content (AvgIpc) is 2.33. The van der Waals surface area contributed by atoms with Crippen LogP contribution >= 0.6 is 11.6 Å². The molecule has 0 fully saturated rings. The van der Waals surface area contributed by atoms with Crippen LogP contribution in [0.2, 0.25) is 5.02 Å². The van der Waals surface area contributed by atoms with Gasteiger partial charge in [-0.25, -0.2) is 14.8 Å². The molecule has 4 nitrogen and oxygen atoms in total. The van der Waals surface area contributed by atoms with Crippen LogP contribution in [0.15, 0.2) is 30.6 Å². The molecular formula is C12H9ClN2O2. The molecule has 1 N–H and O–H groups in total. The number of rotatable bonds is 2. The van der Waals surface area contributed by atoms with Gasteiger partial charge in [0.2, 0.25) is 0 Å². The highest BCUT2D eigenvalue weighted by Crippen LogP contribution is 2.22. The van der Waals surface area contributed by atoms with E-state index in [2.05, 4.69) is 9.97 Å². The van der Waals surface area contributed by atoms with Gasteiger partial charge in [0, 0.05) is 23.0 Å². The second-order valence-corrected chi connectivity index (χ2v) is 3.97. The summed E-state index contributed by atoms with van der Waals surface area (Å²) in [4.78, 5) is 18.6. The Morgan fingerprint density at radius 1 is 1.29 bits per heavy atom. The van der Waals surface area contributed by atoms with E-state index in [9.17, 15) is 4.79 Å². The molecule has 5 heteroatoms. The van der Waals surface area contributed by atoms with Gasteiger partial charge in [0.1, 0.15) is 0 Å². The van der Waals surface area contributed by atoms with E-state index in [1.807, 2.05) is 19.1 Å². The number of halogens is 1. The van der Waals surface area contributed by atoms with Gasteiger partial charge in [0.15, 0.2) is 5.82 Å². The molecule has 0 spiro atoms. The zero-order chi connectivity index (χ0) is 12.4. The van der Waals surface area contributed by atoms with Crippen LogP contribution in [0.25, 0.3) is 11.4 Å². The van der Waals surface area contributed by atoms with Crippen molar-refractivity contribution in [1.29, 1.82) is 0 Å². The summed E-state index contributed by atoms with van der Waals surface area (Å²) in [5, 5.41) is 9.36. The van der Waals surface area contributed by atoms with Crippen LogP contribution in [0.5, 0.6) is 0 Å². The van der Waals surface area contributed by atoms with Gasteiger partial charge in [0.05, 0.1) is 5.56 Å². The van der Waals surface area contributed by atoms with E-state index in [0.29, 0.717) is 10.8 Å². The molecular weight excluding hydrogens is 240 g/mol. The molecule has 0 saturated heterocycles. The molecule has 2 rings (SSSR count). The molecule has 0 aliphatic rings. The molecule has 0 saturated carbocycles. The lowest BCUT2D eigenvalue weighted by Gasteiger charge is -2.03. The minimum Gasteiger partial charge on any atom is -0.478 e. The normalized spacial score (nSPS) is 10.2. The third-order valence-corrected chi connectivity index (χ3v) is 2.74. The smallest absolute Gasteiger partial charge is 0.338 e. The van der Waals surface area contributed by atoms with E-state index in [1.54, 1.807) is 6.07 Å². The third kappa shape index (κ3) is 2.42. The van der Waals surface area contributed by atoms with Crippen LogP contribution in [-0.2, 0) is 0 Å². The summed E-state index contributed by atoms with van der Waals surface area (Å²) < 4.78 is 0. The Morgan fingerprint density at radius 3 is 2.47 bits per heavy atom. The molecule has 0 radical (unpaired) electrons. The predicted octanol–water partition coefficient (Wildman–Crippen LogP) is 2.80. The quantitative estimate of drug-likeness (QED) is 0.888. The first-order valence-corrected chi connectivity index (χ1v) is 5.27. The molecule has 2 aromatic rings. The van der Waals surface area contributed by atoms with E-state index in [-0.39, 0.29) is 5.56 Å². The monoisotopic (exact) mass is 248 g/mol. The fourth-order valence-electron chi connectivity index (χ4n) is 1.32. The fraction of sp³-hybridized carbons (Fsp3) is 0.0833. The number of aryl methyl sites for hydroxylation is 1. The van der Waals surface area contributed by atoms with Crippen molar-refractivity contribution in [3.05, 3.63) is 46.7 Å². The summed E-state index contributed by atoms with van der Waals surface area (Å²) in [5.74, 6) is -0.588. The summed E-state index contributed by atoms with van der Waals surface area (Å²) in [7, 11) is 0. The average molecular weight is 249 g/mol. The fourth-order valence-corrected chi connectivity index (χ4v) is 1.50. The summed E-state index contributed by atoms with van der Waals surface area (Å²) in [5.41, 5.74) is 1.79. The van der Waals surface area contributed by atoms with Crippen LogP contribution in [0, 0.1) is 6.92 Å². The standard InChI is InChI=1S/C12H9ClN2O2/c1-7-2-3-8(4-10(7)13)11-14-5-9(6-15-11)12(16)17/h2-6H,1H3,(H,16,17). The number of carboxylic acids is 1. The maximum Gasteiger partial charge on any atom is 0.338 e. The summed E-state index contributed by atoms with van der Waals surface area (Å²) in [6.07, 6.45) is 2.55. The highest BCUT2D eigenvalue weighted by atomic mass is 35.5. The Kier molecular flexibility index (Phi) is 3.06. The first-order valence-electron chi connectivity index (χ1n) is 4.90. The lowest BCUT2D eigenvalue weighted by molar-refractivity contribution is 0.0696. The molecule has 0 unspecified atom stereocenters. The summed E-state index contributed by atoms with van der Waals surface area (Å²) in [6, 6.07) is 5.47. The van der Waals surface area contributed by atoms with Crippen molar-refractivity contribution in [2.75, 3.05) is 0 Å². The molecule has 1 aromatic heterocycles. The van der Waals surface area contributed by atoms with Gasteiger partial charge in [-0.15, -0.1) is 0 Å². The van der Waals surface area contributed by atoms with E-state index in [0.717, 1.165) is 11.1 Å². The molecule has 0 aliphatic carbocycles. The molecule has 0 aliphatic heterocycles. The Morgan fingerprint density at radius 2 is 1.94 bits per heavy atom. The van der Waals surface area contributed by atoms with Gasteiger partial charge in [-0.05, 0) is 18.6 Å². The van der Waals surface area contributed by atoms with Gasteiger partial charge < -0.3 is 5.11 Å². The third-order valence-electron chi connectivity index (χ3n) is 2.33. The van der Waals surface area contributed by atoms with Crippen molar-refractivity contribution in [2.24, 2.45) is 0 Å². The van der Waals surface area contributed by atoms with Crippen molar-refractivity contribution >= 4 is 17.6 Å². The zero-order valence-corrected chi connectivity index (χ0v) is 9.77. The first-order chi connectivity index (χ1) is 8.08. The largest absolute Gasteiger partial charge is 0.478 e. The maximum atomic E-state index is 10.6. The Hall–Kier alpha value is -1.94. The molecule has 17 heavy (non-hydrogen) atoms. The molecule has 1 heterocycles. The highest BCUT2D eigenvalue weighted by molar-refractivity contribution is 6.31. The second kappa shape index (κ2) is 4.51. The van der Waals surface area contributed by atoms with Crippen molar-refractivity contribution < 1.29 is 9.90 Å². The van der Waals surface area contributed by atoms with E-state index in [1.165, 1.54) is 12.4 Å². The predicted molar refractivity (Wildman–Crippen MR) is 64.2 cm³/mol. The van der Waals surface area contributed by atoms with Gasteiger partial charge in [0.25, 0.3) is 0 Å². The second-order valence-electron chi connectivity index (χ2n) is 3.56. The highest BCUT2D eigenvalue weighted by Gasteiger charge is 2.06. The van der Waals surface area contributed by atoms with Gasteiger partial charge in [-0.3, -0.25) is 0 Å². The molecule has 0 bridgehead atoms. The summed E-state index contributed by atoms with van der Waals surface area (Å²) in [6.45, 7) is 1.90. The lowest BCUT2D eigenvalue weighted by Crippen LogP contribution is -1.99. The molecule has 0 atom stereocenters. The van der Waals surface area contributed by atoms with Crippen molar-refractivity contribution in [2.45, 2.75) is 6.92 Å². The number of nitrogens with zero attached hydrogens (tertiary/aromatic N) is 2. The van der Waals surface area contributed by atoms with Crippen molar-refractivity contribution in [1.82, 2.24) is 9.97 Å². The number of aromatic carboxylic acids is 1.